The van der Waals surface area contributed by atoms with Crippen LogP contribution in [0.5, 0.6) is 0 Å². The Labute approximate surface area is 120 Å². The van der Waals surface area contributed by atoms with Gasteiger partial charge >= 0.3 is 0 Å². The third kappa shape index (κ3) is 3.75. The summed E-state index contributed by atoms with van der Waals surface area (Å²) in [5.74, 6) is 0.709. The van der Waals surface area contributed by atoms with E-state index in [4.69, 9.17) is 0 Å². The zero-order valence-electron chi connectivity index (χ0n) is 11.9. The maximum atomic E-state index is 4.52. The summed E-state index contributed by atoms with van der Waals surface area (Å²) in [4.78, 5) is 8.97. The minimum absolute atomic E-state index is 0.709. The number of rotatable bonds is 3. The van der Waals surface area contributed by atoms with Crippen molar-refractivity contribution < 1.29 is 0 Å². The van der Waals surface area contributed by atoms with Crippen LogP contribution < -0.4 is 0 Å². The number of nitrogens with zero attached hydrogens (tertiary/aromatic N) is 2. The van der Waals surface area contributed by atoms with E-state index in [0.29, 0.717) is 5.84 Å². The van der Waals surface area contributed by atoms with Crippen molar-refractivity contribution in [1.29, 1.82) is 0 Å². The van der Waals surface area contributed by atoms with E-state index in [0.717, 1.165) is 22.5 Å². The summed E-state index contributed by atoms with van der Waals surface area (Å²) < 4.78 is 0. The van der Waals surface area contributed by atoms with Gasteiger partial charge in [-0.2, -0.15) is 0 Å². The van der Waals surface area contributed by atoms with Crippen molar-refractivity contribution in [2.24, 2.45) is 9.98 Å². The number of hydrogen-bond donors (Lipinski definition) is 0. The molecule has 0 saturated carbocycles. The smallest absolute Gasteiger partial charge is 0.126 e. The van der Waals surface area contributed by atoms with E-state index in [1.807, 2.05) is 74.5 Å². The Bertz CT molecular complexity index is 638. The molecule has 0 aliphatic carbocycles. The van der Waals surface area contributed by atoms with Crippen molar-refractivity contribution in [3.8, 4) is 0 Å². The van der Waals surface area contributed by atoms with Crippen molar-refractivity contribution in [2.45, 2.75) is 13.8 Å². The predicted octanol–water partition coefficient (Wildman–Crippen LogP) is 4.58. The van der Waals surface area contributed by atoms with Gasteiger partial charge in [-0.05, 0) is 25.0 Å². The summed E-state index contributed by atoms with van der Waals surface area (Å²) in [7, 11) is 0. The molecule has 20 heavy (non-hydrogen) atoms. The average molecular weight is 262 g/mol. The highest BCUT2D eigenvalue weighted by Gasteiger charge is 1.99. The Hall–Kier alpha value is -2.48. The highest BCUT2D eigenvalue weighted by molar-refractivity contribution is 6.06. The summed E-state index contributed by atoms with van der Waals surface area (Å²) in [5, 5.41) is 0. The lowest BCUT2D eigenvalue weighted by Crippen LogP contribution is -1.98. The Kier molecular flexibility index (Phi) is 4.61. The molecule has 0 aliphatic heterocycles. The maximum Gasteiger partial charge on any atom is 0.126 e. The molecule has 2 nitrogen and oxygen atoms in total. The second-order valence-electron chi connectivity index (χ2n) is 4.53. The standard InChI is InChI=1S/C18H18N2/c1-14(17-10-6-4-7-11-17)19-16(3)20-15(2)18-12-8-5-9-13-18/h4-13H,1H2,2-3H3/b19-16-,20-15+. The molecule has 0 amide bonds. The zero-order valence-corrected chi connectivity index (χ0v) is 11.9. The van der Waals surface area contributed by atoms with Crippen LogP contribution in [0, 0.1) is 0 Å². The summed E-state index contributed by atoms with van der Waals surface area (Å²) in [6.45, 7) is 7.86. The molecule has 0 heterocycles. The number of amidine groups is 1. The van der Waals surface area contributed by atoms with Gasteiger partial charge < -0.3 is 0 Å². The SMILES string of the molecule is C=C(/N=C(C)\N=C(/C)c1ccccc1)c1ccccc1. The molecule has 0 aromatic heterocycles. The first-order valence-corrected chi connectivity index (χ1v) is 6.57. The topological polar surface area (TPSA) is 24.7 Å². The van der Waals surface area contributed by atoms with Crippen LogP contribution >= 0.6 is 0 Å². The van der Waals surface area contributed by atoms with Gasteiger partial charge in [-0.1, -0.05) is 67.2 Å². The fourth-order valence-corrected chi connectivity index (χ4v) is 1.90. The minimum Gasteiger partial charge on any atom is -0.238 e. The molecular formula is C18H18N2. The lowest BCUT2D eigenvalue weighted by molar-refractivity contribution is 1.44. The molecular weight excluding hydrogens is 244 g/mol. The van der Waals surface area contributed by atoms with Gasteiger partial charge in [0.15, 0.2) is 0 Å². The van der Waals surface area contributed by atoms with Gasteiger partial charge in [-0.3, -0.25) is 0 Å². The number of aliphatic imine (C=N–C) groups is 2. The lowest BCUT2D eigenvalue weighted by Gasteiger charge is -2.02. The molecule has 0 fully saturated rings. The second-order valence-corrected chi connectivity index (χ2v) is 4.53. The van der Waals surface area contributed by atoms with Gasteiger partial charge in [0.1, 0.15) is 5.84 Å². The second kappa shape index (κ2) is 6.62. The fraction of sp³-hybridized carbons (Fsp3) is 0.111. The van der Waals surface area contributed by atoms with Crippen molar-refractivity contribution in [2.75, 3.05) is 0 Å². The third-order valence-electron chi connectivity index (χ3n) is 2.92. The quantitative estimate of drug-likeness (QED) is 0.571. The van der Waals surface area contributed by atoms with Gasteiger partial charge in [0.05, 0.1) is 5.70 Å². The molecule has 0 unspecified atom stereocenters. The Morgan fingerprint density at radius 1 is 0.750 bits per heavy atom. The van der Waals surface area contributed by atoms with Crippen molar-refractivity contribution in [3.63, 3.8) is 0 Å². The van der Waals surface area contributed by atoms with Crippen LogP contribution in [-0.2, 0) is 0 Å². The van der Waals surface area contributed by atoms with Gasteiger partial charge in [0.2, 0.25) is 0 Å². The van der Waals surface area contributed by atoms with Crippen LogP contribution in [0.25, 0.3) is 5.70 Å². The first-order valence-electron chi connectivity index (χ1n) is 6.57. The molecule has 0 radical (unpaired) electrons. The van der Waals surface area contributed by atoms with Crippen molar-refractivity contribution >= 4 is 17.2 Å². The molecule has 0 aliphatic rings. The minimum atomic E-state index is 0.709. The van der Waals surface area contributed by atoms with Crippen LogP contribution in [0.4, 0.5) is 0 Å². The number of hydrogen-bond acceptors (Lipinski definition) is 1. The summed E-state index contributed by atoms with van der Waals surface area (Å²) in [5.41, 5.74) is 3.80. The molecule has 100 valence electrons. The van der Waals surface area contributed by atoms with E-state index in [1.54, 1.807) is 0 Å². The van der Waals surface area contributed by atoms with E-state index in [-0.39, 0.29) is 0 Å². The average Bonchev–Trinajstić information content (AvgIpc) is 2.49. The Balaban J connectivity index is 2.17. The van der Waals surface area contributed by atoms with Crippen LogP contribution in [0.3, 0.4) is 0 Å². The molecule has 2 aromatic carbocycles. The first kappa shape index (κ1) is 13.9. The molecule has 0 N–H and O–H groups in total. The van der Waals surface area contributed by atoms with E-state index in [9.17, 15) is 0 Å². The van der Waals surface area contributed by atoms with E-state index < -0.39 is 0 Å². The van der Waals surface area contributed by atoms with Crippen LogP contribution in [0.1, 0.15) is 25.0 Å². The molecule has 2 heteroatoms. The monoisotopic (exact) mass is 262 g/mol. The van der Waals surface area contributed by atoms with Crippen molar-refractivity contribution in [1.82, 2.24) is 0 Å². The maximum absolute atomic E-state index is 4.52. The molecule has 0 saturated heterocycles. The molecule has 0 bridgehead atoms. The molecule has 2 aromatic rings. The summed E-state index contributed by atoms with van der Waals surface area (Å²) >= 11 is 0. The van der Waals surface area contributed by atoms with E-state index >= 15 is 0 Å². The molecule has 0 atom stereocenters. The molecule has 0 spiro atoms. The van der Waals surface area contributed by atoms with E-state index in [2.05, 4.69) is 16.6 Å². The summed E-state index contributed by atoms with van der Waals surface area (Å²) in [6.07, 6.45) is 0. The summed E-state index contributed by atoms with van der Waals surface area (Å²) in [6, 6.07) is 20.0. The largest absolute Gasteiger partial charge is 0.238 e. The van der Waals surface area contributed by atoms with Crippen LogP contribution in [-0.4, -0.2) is 11.5 Å². The van der Waals surface area contributed by atoms with Crippen LogP contribution in [0.2, 0.25) is 0 Å². The highest BCUT2D eigenvalue weighted by Crippen LogP contribution is 2.13. The lowest BCUT2D eigenvalue weighted by atomic mass is 10.1. The van der Waals surface area contributed by atoms with Gasteiger partial charge in [0.25, 0.3) is 0 Å². The molecule has 2 rings (SSSR count). The highest BCUT2D eigenvalue weighted by atomic mass is 14.9. The Morgan fingerprint density at radius 3 is 1.80 bits per heavy atom. The number of benzene rings is 2. The van der Waals surface area contributed by atoms with Gasteiger partial charge in [-0.15, -0.1) is 0 Å². The predicted molar refractivity (Wildman–Crippen MR) is 87.2 cm³/mol. The van der Waals surface area contributed by atoms with Gasteiger partial charge in [-0.25, -0.2) is 9.98 Å². The van der Waals surface area contributed by atoms with E-state index in [1.165, 1.54) is 0 Å². The zero-order chi connectivity index (χ0) is 14.4. The van der Waals surface area contributed by atoms with Gasteiger partial charge in [0, 0.05) is 5.71 Å². The normalized spacial score (nSPS) is 12.3. The van der Waals surface area contributed by atoms with Crippen molar-refractivity contribution in [3.05, 3.63) is 78.4 Å². The third-order valence-corrected chi connectivity index (χ3v) is 2.92. The fourth-order valence-electron chi connectivity index (χ4n) is 1.90. The first-order chi connectivity index (χ1) is 9.66. The van der Waals surface area contributed by atoms with Crippen LogP contribution in [0.15, 0.2) is 77.2 Å². The Morgan fingerprint density at radius 2 is 1.25 bits per heavy atom.